The number of aromatic nitrogens is 2. The van der Waals surface area contributed by atoms with E-state index < -0.39 is 11.9 Å². The minimum Gasteiger partial charge on any atom is -0.508 e. The standard InChI is InChI=1S/C12H12FN3O2/c1-8(16-6-2-5-14-16)12(18)15-11-4-3-9(17)7-10(11)13/h2-8,17H,1H3,(H,15,18). The second-order valence-electron chi connectivity index (χ2n) is 3.82. The number of benzene rings is 1. The first-order valence-electron chi connectivity index (χ1n) is 5.36. The Morgan fingerprint density at radius 2 is 2.33 bits per heavy atom. The second kappa shape index (κ2) is 4.87. The smallest absolute Gasteiger partial charge is 0.249 e. The molecule has 0 aliphatic heterocycles. The van der Waals surface area contributed by atoms with Crippen molar-refractivity contribution in [1.29, 1.82) is 0 Å². The molecule has 2 N–H and O–H groups in total. The van der Waals surface area contributed by atoms with Gasteiger partial charge in [-0.1, -0.05) is 0 Å². The van der Waals surface area contributed by atoms with Crippen molar-refractivity contribution in [2.24, 2.45) is 0 Å². The zero-order valence-corrected chi connectivity index (χ0v) is 9.67. The van der Waals surface area contributed by atoms with E-state index in [-0.39, 0.29) is 17.3 Å². The van der Waals surface area contributed by atoms with Crippen LogP contribution in [-0.2, 0) is 4.79 Å². The van der Waals surface area contributed by atoms with Crippen molar-refractivity contribution >= 4 is 11.6 Å². The monoisotopic (exact) mass is 249 g/mol. The molecule has 0 aliphatic carbocycles. The van der Waals surface area contributed by atoms with Gasteiger partial charge in [-0.3, -0.25) is 9.48 Å². The molecule has 18 heavy (non-hydrogen) atoms. The van der Waals surface area contributed by atoms with Gasteiger partial charge >= 0.3 is 0 Å². The zero-order valence-electron chi connectivity index (χ0n) is 9.67. The molecule has 1 unspecified atom stereocenters. The fraction of sp³-hybridized carbons (Fsp3) is 0.167. The van der Waals surface area contributed by atoms with Gasteiger partial charge in [-0.05, 0) is 25.1 Å². The van der Waals surface area contributed by atoms with Crippen molar-refractivity contribution in [3.8, 4) is 5.75 Å². The van der Waals surface area contributed by atoms with E-state index in [0.717, 1.165) is 6.07 Å². The minimum absolute atomic E-state index is 0.0248. The summed E-state index contributed by atoms with van der Waals surface area (Å²) in [5.74, 6) is -1.26. The maximum atomic E-state index is 13.4. The largest absolute Gasteiger partial charge is 0.508 e. The van der Waals surface area contributed by atoms with Gasteiger partial charge in [0.05, 0.1) is 5.69 Å². The van der Waals surface area contributed by atoms with Crippen molar-refractivity contribution in [2.45, 2.75) is 13.0 Å². The van der Waals surface area contributed by atoms with Crippen LogP contribution in [-0.4, -0.2) is 20.8 Å². The lowest BCUT2D eigenvalue weighted by atomic mass is 10.2. The molecule has 1 amide bonds. The van der Waals surface area contributed by atoms with Gasteiger partial charge in [-0.2, -0.15) is 5.10 Å². The van der Waals surface area contributed by atoms with Crippen LogP contribution < -0.4 is 5.32 Å². The highest BCUT2D eigenvalue weighted by Crippen LogP contribution is 2.20. The number of amides is 1. The molecule has 0 fully saturated rings. The van der Waals surface area contributed by atoms with Crippen LogP contribution >= 0.6 is 0 Å². The first kappa shape index (κ1) is 12.1. The molecule has 0 saturated heterocycles. The van der Waals surface area contributed by atoms with Gasteiger partial charge in [0.1, 0.15) is 17.6 Å². The highest BCUT2D eigenvalue weighted by Gasteiger charge is 2.16. The second-order valence-corrected chi connectivity index (χ2v) is 3.82. The number of phenolic OH excluding ortho intramolecular Hbond substituents is 1. The summed E-state index contributed by atoms with van der Waals surface area (Å²) in [5, 5.41) is 15.4. The van der Waals surface area contributed by atoms with Crippen LogP contribution in [0.2, 0.25) is 0 Å². The van der Waals surface area contributed by atoms with E-state index in [1.807, 2.05) is 0 Å². The molecule has 1 atom stereocenters. The Hall–Kier alpha value is -2.37. The number of hydrogen-bond acceptors (Lipinski definition) is 3. The first-order chi connectivity index (χ1) is 8.58. The van der Waals surface area contributed by atoms with E-state index in [1.54, 1.807) is 25.4 Å². The van der Waals surface area contributed by atoms with E-state index in [9.17, 15) is 9.18 Å². The molecule has 1 aromatic carbocycles. The van der Waals surface area contributed by atoms with E-state index >= 15 is 0 Å². The van der Waals surface area contributed by atoms with Crippen LogP contribution in [0.1, 0.15) is 13.0 Å². The number of nitrogens with zero attached hydrogens (tertiary/aromatic N) is 2. The number of aromatic hydroxyl groups is 1. The van der Waals surface area contributed by atoms with Gasteiger partial charge in [0.25, 0.3) is 0 Å². The highest BCUT2D eigenvalue weighted by atomic mass is 19.1. The predicted molar refractivity (Wildman–Crippen MR) is 63.6 cm³/mol. The van der Waals surface area contributed by atoms with Gasteiger partial charge < -0.3 is 10.4 Å². The molecule has 0 bridgehead atoms. The molecule has 0 aliphatic rings. The lowest BCUT2D eigenvalue weighted by Gasteiger charge is -2.13. The quantitative estimate of drug-likeness (QED) is 0.817. The molecule has 94 valence electrons. The van der Waals surface area contributed by atoms with E-state index in [0.29, 0.717) is 0 Å². The maximum absolute atomic E-state index is 13.4. The van der Waals surface area contributed by atoms with Gasteiger partial charge in [0.15, 0.2) is 0 Å². The number of rotatable bonds is 3. The summed E-state index contributed by atoms with van der Waals surface area (Å²) in [6.45, 7) is 1.65. The van der Waals surface area contributed by atoms with Crippen LogP contribution in [0.5, 0.6) is 5.75 Å². The molecular weight excluding hydrogens is 237 g/mol. The van der Waals surface area contributed by atoms with Crippen LogP contribution in [0.25, 0.3) is 0 Å². The third kappa shape index (κ3) is 2.48. The van der Waals surface area contributed by atoms with Crippen molar-refractivity contribution in [3.63, 3.8) is 0 Å². The number of carbonyl (C=O) groups is 1. The van der Waals surface area contributed by atoms with Gasteiger partial charge in [0, 0.05) is 18.5 Å². The number of halogens is 1. The number of phenols is 1. The third-order valence-corrected chi connectivity index (χ3v) is 2.51. The molecule has 1 heterocycles. The molecule has 2 rings (SSSR count). The molecule has 6 heteroatoms. The molecular formula is C12H12FN3O2. The average molecular weight is 249 g/mol. The van der Waals surface area contributed by atoms with E-state index in [1.165, 1.54) is 16.8 Å². The van der Waals surface area contributed by atoms with Gasteiger partial charge in [-0.15, -0.1) is 0 Å². The van der Waals surface area contributed by atoms with Crippen LogP contribution in [0.15, 0.2) is 36.7 Å². The highest BCUT2D eigenvalue weighted by molar-refractivity contribution is 5.93. The lowest BCUT2D eigenvalue weighted by molar-refractivity contribution is -0.119. The summed E-state index contributed by atoms with van der Waals surface area (Å²) in [4.78, 5) is 11.8. The number of carbonyl (C=O) groups excluding carboxylic acids is 1. The molecule has 0 radical (unpaired) electrons. The molecule has 5 nitrogen and oxygen atoms in total. The number of nitrogens with one attached hydrogen (secondary N) is 1. The van der Waals surface area contributed by atoms with Crippen molar-refractivity contribution in [2.75, 3.05) is 5.32 Å². The molecule has 1 aromatic heterocycles. The summed E-state index contributed by atoms with van der Waals surface area (Å²) in [6, 6.07) is 4.70. The summed E-state index contributed by atoms with van der Waals surface area (Å²) in [6.07, 6.45) is 3.21. The van der Waals surface area contributed by atoms with Crippen molar-refractivity contribution in [3.05, 3.63) is 42.5 Å². The summed E-state index contributed by atoms with van der Waals surface area (Å²) >= 11 is 0. The topological polar surface area (TPSA) is 67.2 Å². The first-order valence-corrected chi connectivity index (χ1v) is 5.36. The Morgan fingerprint density at radius 3 is 2.94 bits per heavy atom. The predicted octanol–water partition coefficient (Wildman–Crippen LogP) is 1.93. The van der Waals surface area contributed by atoms with Crippen molar-refractivity contribution < 1.29 is 14.3 Å². The summed E-state index contributed by atoms with van der Waals surface area (Å²) in [5.41, 5.74) is 0.0248. The summed E-state index contributed by atoms with van der Waals surface area (Å²) < 4.78 is 14.9. The summed E-state index contributed by atoms with van der Waals surface area (Å²) in [7, 11) is 0. The van der Waals surface area contributed by atoms with Crippen LogP contribution in [0.4, 0.5) is 10.1 Å². The Balaban J connectivity index is 2.12. The fourth-order valence-corrected chi connectivity index (χ4v) is 1.47. The zero-order chi connectivity index (χ0) is 13.1. The third-order valence-electron chi connectivity index (χ3n) is 2.51. The SMILES string of the molecule is CC(C(=O)Nc1ccc(O)cc1F)n1cccn1. The van der Waals surface area contributed by atoms with Gasteiger partial charge in [0.2, 0.25) is 5.91 Å². The van der Waals surface area contributed by atoms with E-state index in [2.05, 4.69) is 10.4 Å². The van der Waals surface area contributed by atoms with Crippen molar-refractivity contribution in [1.82, 2.24) is 9.78 Å². The average Bonchev–Trinajstić information content (AvgIpc) is 2.85. The lowest BCUT2D eigenvalue weighted by Crippen LogP contribution is -2.24. The minimum atomic E-state index is -0.684. The Morgan fingerprint density at radius 1 is 1.56 bits per heavy atom. The number of hydrogen-bond donors (Lipinski definition) is 2. The van der Waals surface area contributed by atoms with E-state index in [4.69, 9.17) is 5.11 Å². The normalized spacial score (nSPS) is 12.1. The van der Waals surface area contributed by atoms with Crippen LogP contribution in [0.3, 0.4) is 0 Å². The fourth-order valence-electron chi connectivity index (χ4n) is 1.47. The number of anilines is 1. The van der Waals surface area contributed by atoms with Crippen LogP contribution in [0, 0.1) is 5.82 Å². The molecule has 0 saturated carbocycles. The molecule has 2 aromatic rings. The Bertz CT molecular complexity index is 554. The maximum Gasteiger partial charge on any atom is 0.249 e. The van der Waals surface area contributed by atoms with Gasteiger partial charge in [-0.25, -0.2) is 4.39 Å². The Labute approximate surface area is 103 Å². The Kier molecular flexibility index (Phi) is 3.27. The molecule has 0 spiro atoms.